The van der Waals surface area contributed by atoms with Gasteiger partial charge in [-0.2, -0.15) is 0 Å². The van der Waals surface area contributed by atoms with E-state index < -0.39 is 0 Å². The summed E-state index contributed by atoms with van der Waals surface area (Å²) in [6, 6.07) is 8.21. The second-order valence-corrected chi connectivity index (χ2v) is 6.39. The summed E-state index contributed by atoms with van der Waals surface area (Å²) in [7, 11) is 0. The molecule has 4 nitrogen and oxygen atoms in total. The van der Waals surface area contributed by atoms with Crippen LogP contribution >= 0.6 is 0 Å². The minimum absolute atomic E-state index is 0.0352. The summed E-state index contributed by atoms with van der Waals surface area (Å²) in [6.45, 7) is 3.92. The summed E-state index contributed by atoms with van der Waals surface area (Å²) in [5.74, 6) is 0.641. The van der Waals surface area contributed by atoms with E-state index in [4.69, 9.17) is 9.47 Å². The standard InChI is InChI=1S/C18H27NO3/c20-13-16-4-3-5-17(12-16)19-9-7-15(8-10-19)14-22-18-6-1-2-11-21-18/h3-5,12,15,18,20H,1-2,6-11,13-14H2. The number of benzene rings is 1. The van der Waals surface area contributed by atoms with Gasteiger partial charge in [-0.15, -0.1) is 0 Å². The Bertz CT molecular complexity index is 451. The van der Waals surface area contributed by atoms with Crippen LogP contribution in [0.5, 0.6) is 0 Å². The van der Waals surface area contributed by atoms with Crippen molar-refractivity contribution in [3.05, 3.63) is 29.8 Å². The number of nitrogens with zero attached hydrogens (tertiary/aromatic N) is 1. The molecule has 1 aromatic rings. The zero-order chi connectivity index (χ0) is 15.2. The number of aliphatic hydroxyl groups is 1. The molecule has 1 aromatic carbocycles. The highest BCUT2D eigenvalue weighted by Crippen LogP contribution is 2.25. The first-order valence-electron chi connectivity index (χ1n) is 8.53. The maximum atomic E-state index is 9.25. The molecule has 2 heterocycles. The van der Waals surface area contributed by atoms with Crippen LogP contribution in [0.3, 0.4) is 0 Å². The quantitative estimate of drug-likeness (QED) is 0.908. The lowest BCUT2D eigenvalue weighted by atomic mass is 9.97. The fraction of sp³-hybridized carbons (Fsp3) is 0.667. The van der Waals surface area contributed by atoms with Crippen LogP contribution in [-0.4, -0.2) is 37.7 Å². The molecule has 2 saturated heterocycles. The van der Waals surface area contributed by atoms with E-state index in [1.807, 2.05) is 12.1 Å². The first-order valence-corrected chi connectivity index (χ1v) is 8.53. The Morgan fingerprint density at radius 2 is 2.05 bits per heavy atom. The second kappa shape index (κ2) is 7.95. The molecule has 22 heavy (non-hydrogen) atoms. The molecule has 4 heteroatoms. The molecule has 3 rings (SSSR count). The summed E-state index contributed by atoms with van der Waals surface area (Å²) >= 11 is 0. The normalized spacial score (nSPS) is 23.7. The maximum absolute atomic E-state index is 9.25. The van der Waals surface area contributed by atoms with Gasteiger partial charge in [0.25, 0.3) is 0 Å². The Kier molecular flexibility index (Phi) is 5.70. The van der Waals surface area contributed by atoms with Crippen molar-refractivity contribution in [2.75, 3.05) is 31.2 Å². The molecule has 0 saturated carbocycles. The summed E-state index contributed by atoms with van der Waals surface area (Å²) in [6.07, 6.45) is 5.81. The van der Waals surface area contributed by atoms with Crippen LogP contribution in [0.15, 0.2) is 24.3 Å². The Morgan fingerprint density at radius 1 is 1.18 bits per heavy atom. The van der Waals surface area contributed by atoms with E-state index in [1.165, 1.54) is 18.5 Å². The number of hydrogen-bond acceptors (Lipinski definition) is 4. The number of hydrogen-bond donors (Lipinski definition) is 1. The Hall–Kier alpha value is -1.10. The molecular formula is C18H27NO3. The molecule has 122 valence electrons. The third-order valence-corrected chi connectivity index (χ3v) is 4.73. The average Bonchev–Trinajstić information content (AvgIpc) is 2.61. The highest BCUT2D eigenvalue weighted by atomic mass is 16.7. The minimum Gasteiger partial charge on any atom is -0.392 e. The summed E-state index contributed by atoms with van der Waals surface area (Å²) < 4.78 is 11.6. The fourth-order valence-electron chi connectivity index (χ4n) is 3.30. The third-order valence-electron chi connectivity index (χ3n) is 4.73. The van der Waals surface area contributed by atoms with Gasteiger partial charge in [0.1, 0.15) is 0 Å². The summed E-state index contributed by atoms with van der Waals surface area (Å²) in [5.41, 5.74) is 2.21. The Balaban J connectivity index is 1.43. The molecule has 2 aliphatic rings. The second-order valence-electron chi connectivity index (χ2n) is 6.39. The van der Waals surface area contributed by atoms with Crippen LogP contribution < -0.4 is 4.90 Å². The predicted molar refractivity (Wildman–Crippen MR) is 86.8 cm³/mol. The van der Waals surface area contributed by atoms with E-state index in [2.05, 4.69) is 17.0 Å². The van der Waals surface area contributed by atoms with E-state index >= 15 is 0 Å². The van der Waals surface area contributed by atoms with E-state index in [-0.39, 0.29) is 12.9 Å². The maximum Gasteiger partial charge on any atom is 0.157 e. The van der Waals surface area contributed by atoms with Crippen LogP contribution in [0.2, 0.25) is 0 Å². The molecule has 0 aromatic heterocycles. The zero-order valence-electron chi connectivity index (χ0n) is 13.2. The fourth-order valence-corrected chi connectivity index (χ4v) is 3.30. The van der Waals surface area contributed by atoms with Crippen molar-refractivity contribution in [1.82, 2.24) is 0 Å². The van der Waals surface area contributed by atoms with E-state index in [0.717, 1.165) is 51.1 Å². The van der Waals surface area contributed by atoms with E-state index in [0.29, 0.717) is 5.92 Å². The van der Waals surface area contributed by atoms with E-state index in [9.17, 15) is 5.11 Å². The summed E-state index contributed by atoms with van der Waals surface area (Å²) in [5, 5.41) is 9.25. The molecular weight excluding hydrogens is 278 g/mol. The van der Waals surface area contributed by atoms with Gasteiger partial charge in [-0.05, 0) is 55.7 Å². The lowest BCUT2D eigenvalue weighted by molar-refractivity contribution is -0.169. The van der Waals surface area contributed by atoms with Crippen LogP contribution in [0.25, 0.3) is 0 Å². The largest absolute Gasteiger partial charge is 0.392 e. The van der Waals surface area contributed by atoms with Gasteiger partial charge in [0.05, 0.1) is 13.2 Å². The third kappa shape index (κ3) is 4.22. The zero-order valence-corrected chi connectivity index (χ0v) is 13.2. The topological polar surface area (TPSA) is 41.9 Å². The van der Waals surface area contributed by atoms with Gasteiger partial charge >= 0.3 is 0 Å². The average molecular weight is 305 g/mol. The van der Waals surface area contributed by atoms with Crippen LogP contribution in [-0.2, 0) is 16.1 Å². The van der Waals surface area contributed by atoms with Crippen molar-refractivity contribution >= 4 is 5.69 Å². The molecule has 1 unspecified atom stereocenters. The van der Waals surface area contributed by atoms with Crippen molar-refractivity contribution in [2.45, 2.75) is 45.0 Å². The predicted octanol–water partition coefficient (Wildman–Crippen LogP) is 2.94. The smallest absolute Gasteiger partial charge is 0.157 e. The molecule has 0 spiro atoms. The number of anilines is 1. The highest BCUT2D eigenvalue weighted by molar-refractivity contribution is 5.48. The van der Waals surface area contributed by atoms with E-state index in [1.54, 1.807) is 0 Å². The molecule has 0 bridgehead atoms. The lowest BCUT2D eigenvalue weighted by Gasteiger charge is -2.34. The van der Waals surface area contributed by atoms with Crippen molar-refractivity contribution in [2.24, 2.45) is 5.92 Å². The van der Waals surface area contributed by atoms with Gasteiger partial charge in [-0.3, -0.25) is 0 Å². The van der Waals surface area contributed by atoms with Gasteiger partial charge in [-0.1, -0.05) is 12.1 Å². The van der Waals surface area contributed by atoms with Crippen molar-refractivity contribution < 1.29 is 14.6 Å². The molecule has 0 amide bonds. The number of ether oxygens (including phenoxy) is 2. The van der Waals surface area contributed by atoms with Crippen molar-refractivity contribution in [3.63, 3.8) is 0 Å². The lowest BCUT2D eigenvalue weighted by Crippen LogP contribution is -2.36. The monoisotopic (exact) mass is 305 g/mol. The molecule has 2 aliphatic heterocycles. The molecule has 0 aliphatic carbocycles. The van der Waals surface area contributed by atoms with Crippen LogP contribution in [0.1, 0.15) is 37.7 Å². The van der Waals surface area contributed by atoms with Gasteiger partial charge in [0.15, 0.2) is 6.29 Å². The molecule has 1 N–H and O–H groups in total. The van der Waals surface area contributed by atoms with Gasteiger partial charge < -0.3 is 19.5 Å². The SMILES string of the molecule is OCc1cccc(N2CCC(COC3CCCCO3)CC2)c1. The van der Waals surface area contributed by atoms with Crippen LogP contribution in [0, 0.1) is 5.92 Å². The first-order chi connectivity index (χ1) is 10.8. The van der Waals surface area contributed by atoms with Crippen LogP contribution in [0.4, 0.5) is 5.69 Å². The number of aliphatic hydroxyl groups excluding tert-OH is 1. The van der Waals surface area contributed by atoms with Crippen molar-refractivity contribution in [1.29, 1.82) is 0 Å². The minimum atomic E-state index is 0.0352. The summed E-state index contributed by atoms with van der Waals surface area (Å²) in [4.78, 5) is 2.41. The van der Waals surface area contributed by atoms with Gasteiger partial charge in [0.2, 0.25) is 0 Å². The molecule has 1 atom stereocenters. The van der Waals surface area contributed by atoms with Crippen molar-refractivity contribution in [3.8, 4) is 0 Å². The number of piperidine rings is 1. The molecule has 0 radical (unpaired) electrons. The highest BCUT2D eigenvalue weighted by Gasteiger charge is 2.22. The number of rotatable bonds is 5. The molecule has 2 fully saturated rings. The Labute approximate surface area is 133 Å². The Morgan fingerprint density at radius 3 is 2.77 bits per heavy atom. The van der Waals surface area contributed by atoms with Gasteiger partial charge in [-0.25, -0.2) is 0 Å². The first kappa shape index (κ1) is 15.8. The van der Waals surface area contributed by atoms with Gasteiger partial charge in [0, 0.05) is 25.4 Å².